The van der Waals surface area contributed by atoms with Crippen molar-refractivity contribution in [3.05, 3.63) is 83.7 Å². The SMILES string of the molecule is CCOc1cc(C(=O)NCC(c2cccc(OC)c2)N(CC)CC)ccc1OCc1cccnc1. The molecule has 3 aromatic rings. The van der Waals surface area contributed by atoms with Gasteiger partial charge in [0.2, 0.25) is 0 Å². The molecule has 0 saturated heterocycles. The van der Waals surface area contributed by atoms with Crippen LogP contribution in [0.4, 0.5) is 0 Å². The number of carbonyl (C=O) groups excluding carboxylic acids is 1. The summed E-state index contributed by atoms with van der Waals surface area (Å²) in [6.07, 6.45) is 3.48. The van der Waals surface area contributed by atoms with Gasteiger partial charge in [-0.1, -0.05) is 32.0 Å². The lowest BCUT2D eigenvalue weighted by molar-refractivity contribution is 0.0934. The average molecular weight is 478 g/mol. The fourth-order valence-electron chi connectivity index (χ4n) is 3.94. The molecule has 1 amide bonds. The molecule has 35 heavy (non-hydrogen) atoms. The van der Waals surface area contributed by atoms with Crippen molar-refractivity contribution in [3.63, 3.8) is 0 Å². The molecule has 1 heterocycles. The highest BCUT2D eigenvalue weighted by atomic mass is 16.5. The highest BCUT2D eigenvalue weighted by Gasteiger charge is 2.20. The molecule has 186 valence electrons. The summed E-state index contributed by atoms with van der Waals surface area (Å²) in [6, 6.07) is 17.1. The molecule has 0 spiro atoms. The van der Waals surface area contributed by atoms with Crippen LogP contribution < -0.4 is 19.5 Å². The summed E-state index contributed by atoms with van der Waals surface area (Å²) in [4.78, 5) is 19.5. The Morgan fingerprint density at radius 3 is 2.51 bits per heavy atom. The van der Waals surface area contributed by atoms with Crippen LogP contribution in [0.5, 0.6) is 17.2 Å². The number of pyridine rings is 1. The number of hydrogen-bond acceptors (Lipinski definition) is 6. The fraction of sp³-hybridized carbons (Fsp3) is 0.357. The lowest BCUT2D eigenvalue weighted by Gasteiger charge is -2.30. The van der Waals surface area contributed by atoms with Gasteiger partial charge in [-0.3, -0.25) is 14.7 Å². The molecule has 7 heteroatoms. The Morgan fingerprint density at radius 1 is 1.00 bits per heavy atom. The van der Waals surface area contributed by atoms with E-state index in [4.69, 9.17) is 14.2 Å². The topological polar surface area (TPSA) is 72.9 Å². The number of aromatic nitrogens is 1. The van der Waals surface area contributed by atoms with E-state index < -0.39 is 0 Å². The summed E-state index contributed by atoms with van der Waals surface area (Å²) in [5.74, 6) is 1.76. The number of nitrogens with one attached hydrogen (secondary N) is 1. The number of amides is 1. The molecule has 3 rings (SSSR count). The van der Waals surface area contributed by atoms with Gasteiger partial charge in [-0.2, -0.15) is 0 Å². The number of carbonyl (C=O) groups is 1. The first-order valence-electron chi connectivity index (χ1n) is 12.0. The minimum absolute atomic E-state index is 0.0255. The van der Waals surface area contributed by atoms with E-state index in [-0.39, 0.29) is 11.9 Å². The lowest BCUT2D eigenvalue weighted by atomic mass is 10.0. The Kier molecular flexibility index (Phi) is 9.93. The molecule has 2 aromatic carbocycles. The summed E-state index contributed by atoms with van der Waals surface area (Å²) in [5, 5.41) is 3.10. The predicted molar refractivity (Wildman–Crippen MR) is 137 cm³/mol. The Morgan fingerprint density at radius 2 is 1.83 bits per heavy atom. The molecule has 0 radical (unpaired) electrons. The third kappa shape index (κ3) is 7.20. The molecule has 1 aromatic heterocycles. The standard InChI is InChI=1S/C28H35N3O4/c1-5-31(6-2)25(22-11-8-12-24(16-22)33-4)19-30-28(32)23-13-14-26(27(17-23)34-7-3)35-20-21-10-9-15-29-18-21/h8-18,25H,5-7,19-20H2,1-4H3,(H,30,32). The zero-order valence-electron chi connectivity index (χ0n) is 21.0. The smallest absolute Gasteiger partial charge is 0.251 e. The highest BCUT2D eigenvalue weighted by molar-refractivity contribution is 5.94. The van der Waals surface area contributed by atoms with Crippen molar-refractivity contribution in [1.29, 1.82) is 0 Å². The van der Waals surface area contributed by atoms with Crippen molar-refractivity contribution in [2.45, 2.75) is 33.4 Å². The van der Waals surface area contributed by atoms with E-state index in [1.807, 2.05) is 37.3 Å². The summed E-state index contributed by atoms with van der Waals surface area (Å²) >= 11 is 0. The van der Waals surface area contributed by atoms with Crippen LogP contribution in [0.3, 0.4) is 0 Å². The summed E-state index contributed by atoms with van der Waals surface area (Å²) in [6.45, 7) is 9.18. The number of nitrogens with zero attached hydrogens (tertiary/aromatic N) is 2. The largest absolute Gasteiger partial charge is 0.497 e. The van der Waals surface area contributed by atoms with E-state index in [1.165, 1.54) is 0 Å². The van der Waals surface area contributed by atoms with Crippen molar-refractivity contribution in [2.24, 2.45) is 0 Å². The fourth-order valence-corrected chi connectivity index (χ4v) is 3.94. The monoisotopic (exact) mass is 477 g/mol. The average Bonchev–Trinajstić information content (AvgIpc) is 2.91. The van der Waals surface area contributed by atoms with Crippen molar-refractivity contribution in [3.8, 4) is 17.2 Å². The summed E-state index contributed by atoms with van der Waals surface area (Å²) in [5.41, 5.74) is 2.57. The molecule has 0 fully saturated rings. The number of benzene rings is 2. The number of likely N-dealkylation sites (N-methyl/N-ethyl adjacent to an activating group) is 1. The minimum Gasteiger partial charge on any atom is -0.497 e. The Labute approximate surface area is 208 Å². The number of methoxy groups -OCH3 is 1. The van der Waals surface area contributed by atoms with Crippen molar-refractivity contribution in [2.75, 3.05) is 33.4 Å². The zero-order valence-corrected chi connectivity index (χ0v) is 21.0. The van der Waals surface area contributed by atoms with E-state index in [9.17, 15) is 4.79 Å². The minimum atomic E-state index is -0.162. The van der Waals surface area contributed by atoms with Crippen LogP contribution in [0, 0.1) is 0 Å². The molecular formula is C28H35N3O4. The number of ether oxygens (including phenoxy) is 3. The van der Waals surface area contributed by atoms with Gasteiger partial charge in [0.15, 0.2) is 11.5 Å². The maximum Gasteiger partial charge on any atom is 0.251 e. The van der Waals surface area contributed by atoms with Gasteiger partial charge in [0.25, 0.3) is 5.91 Å². The van der Waals surface area contributed by atoms with Crippen LogP contribution in [0.1, 0.15) is 48.3 Å². The Balaban J connectivity index is 1.73. The van der Waals surface area contributed by atoms with Crippen molar-refractivity contribution in [1.82, 2.24) is 15.2 Å². The van der Waals surface area contributed by atoms with Gasteiger partial charge in [-0.15, -0.1) is 0 Å². The van der Waals surface area contributed by atoms with Gasteiger partial charge in [0.1, 0.15) is 12.4 Å². The first-order chi connectivity index (χ1) is 17.1. The molecule has 0 aliphatic heterocycles. The maximum atomic E-state index is 13.1. The molecule has 0 aliphatic carbocycles. The normalized spacial score (nSPS) is 11.7. The molecule has 0 saturated carbocycles. The third-order valence-electron chi connectivity index (χ3n) is 5.81. The van der Waals surface area contributed by atoms with Crippen LogP contribution >= 0.6 is 0 Å². The molecule has 1 atom stereocenters. The molecule has 1 unspecified atom stereocenters. The Hall–Kier alpha value is -3.58. The van der Waals surface area contributed by atoms with Crippen LogP contribution in [0.15, 0.2) is 67.0 Å². The van der Waals surface area contributed by atoms with E-state index in [0.717, 1.165) is 30.0 Å². The second-order valence-corrected chi connectivity index (χ2v) is 7.97. The molecular weight excluding hydrogens is 442 g/mol. The van der Waals surface area contributed by atoms with E-state index in [2.05, 4.69) is 35.1 Å². The first kappa shape index (κ1) is 26.0. The highest BCUT2D eigenvalue weighted by Crippen LogP contribution is 2.30. The second kappa shape index (κ2) is 13.3. The Bertz CT molecular complexity index is 1070. The van der Waals surface area contributed by atoms with Crippen molar-refractivity contribution >= 4 is 5.91 Å². The molecule has 7 nitrogen and oxygen atoms in total. The second-order valence-electron chi connectivity index (χ2n) is 7.97. The summed E-state index contributed by atoms with van der Waals surface area (Å²) < 4.78 is 17.1. The quantitative estimate of drug-likeness (QED) is 0.378. The van der Waals surface area contributed by atoms with Gasteiger partial charge in [0.05, 0.1) is 19.8 Å². The van der Waals surface area contributed by atoms with Crippen LogP contribution in [-0.2, 0) is 6.61 Å². The van der Waals surface area contributed by atoms with Crippen LogP contribution in [0.2, 0.25) is 0 Å². The van der Waals surface area contributed by atoms with Gasteiger partial charge in [-0.05, 0) is 62.0 Å². The van der Waals surface area contributed by atoms with E-state index >= 15 is 0 Å². The van der Waals surface area contributed by atoms with Gasteiger partial charge in [-0.25, -0.2) is 0 Å². The van der Waals surface area contributed by atoms with Gasteiger partial charge in [0, 0.05) is 30.1 Å². The lowest BCUT2D eigenvalue weighted by Crippen LogP contribution is -2.38. The molecule has 0 aliphatic rings. The zero-order chi connectivity index (χ0) is 25.0. The first-order valence-corrected chi connectivity index (χ1v) is 12.0. The van der Waals surface area contributed by atoms with Crippen molar-refractivity contribution < 1.29 is 19.0 Å². The van der Waals surface area contributed by atoms with E-state index in [0.29, 0.717) is 36.8 Å². The van der Waals surface area contributed by atoms with E-state index in [1.54, 1.807) is 37.7 Å². The summed E-state index contributed by atoms with van der Waals surface area (Å²) in [7, 11) is 1.66. The molecule has 0 bridgehead atoms. The predicted octanol–water partition coefficient (Wildman–Crippen LogP) is 4.88. The number of hydrogen-bond donors (Lipinski definition) is 1. The van der Waals surface area contributed by atoms with Gasteiger partial charge < -0.3 is 19.5 Å². The third-order valence-corrected chi connectivity index (χ3v) is 5.81. The molecule has 1 N–H and O–H groups in total. The van der Waals surface area contributed by atoms with Crippen LogP contribution in [0.25, 0.3) is 0 Å². The maximum absolute atomic E-state index is 13.1. The van der Waals surface area contributed by atoms with Gasteiger partial charge >= 0.3 is 0 Å². The van der Waals surface area contributed by atoms with Crippen LogP contribution in [-0.4, -0.2) is 49.1 Å². The number of rotatable bonds is 13.